The average Bonchev–Trinajstić information content (AvgIpc) is 1.86. The molecule has 0 aliphatic carbocycles. The fraction of sp³-hybridized carbons (Fsp3) is 0.800. The predicted molar refractivity (Wildman–Crippen MR) is 51.1 cm³/mol. The van der Waals surface area contributed by atoms with Gasteiger partial charge < -0.3 is 9.84 Å². The smallest absolute Gasteiger partial charge is 0.106 e. The maximum absolute atomic E-state index is 9.93. The van der Waals surface area contributed by atoms with Crippen molar-refractivity contribution in [3.8, 4) is 0 Å². The fourth-order valence-electron chi connectivity index (χ4n) is 1.62. The number of hydrogen-bond donors (Lipinski definition) is 1. The van der Waals surface area contributed by atoms with E-state index in [0.29, 0.717) is 5.92 Å². The third-order valence-electron chi connectivity index (χ3n) is 1.94. The molecule has 72 valence electrons. The molecule has 0 radical (unpaired) electrons. The van der Waals surface area contributed by atoms with E-state index in [1.54, 1.807) is 20.1 Å². The Morgan fingerprint density at radius 2 is 1.92 bits per heavy atom. The number of ether oxygens (including phenoxy) is 1. The summed E-state index contributed by atoms with van der Waals surface area (Å²) in [4.78, 5) is 0. The van der Waals surface area contributed by atoms with Crippen LogP contribution in [-0.2, 0) is 4.74 Å². The van der Waals surface area contributed by atoms with Crippen molar-refractivity contribution in [1.29, 1.82) is 0 Å². The third kappa shape index (κ3) is 2.95. The predicted octanol–water partition coefficient (Wildman–Crippen LogP) is 1.98. The van der Waals surface area contributed by atoms with Gasteiger partial charge in [0.15, 0.2) is 0 Å². The van der Waals surface area contributed by atoms with Crippen molar-refractivity contribution in [2.45, 2.75) is 39.4 Å². The fourth-order valence-corrected chi connectivity index (χ4v) is 1.62. The van der Waals surface area contributed by atoms with Crippen LogP contribution < -0.4 is 0 Å². The zero-order valence-electron chi connectivity index (χ0n) is 8.66. The molecule has 0 fully saturated rings. The molecule has 2 heteroatoms. The third-order valence-corrected chi connectivity index (χ3v) is 1.94. The Hall–Kier alpha value is -0.340. The summed E-state index contributed by atoms with van der Waals surface area (Å²) in [6, 6.07) is 0. The number of hydrogen-bond acceptors (Lipinski definition) is 2. The van der Waals surface area contributed by atoms with Crippen LogP contribution >= 0.6 is 0 Å². The van der Waals surface area contributed by atoms with E-state index in [2.05, 4.69) is 0 Å². The lowest BCUT2D eigenvalue weighted by molar-refractivity contribution is -0.0735. The van der Waals surface area contributed by atoms with E-state index in [9.17, 15) is 5.11 Å². The van der Waals surface area contributed by atoms with E-state index in [1.807, 2.05) is 26.8 Å². The normalized spacial score (nSPS) is 19.9. The molecule has 0 aliphatic heterocycles. The summed E-state index contributed by atoms with van der Waals surface area (Å²) >= 11 is 0. The van der Waals surface area contributed by atoms with Gasteiger partial charge in [0.05, 0.1) is 6.10 Å². The van der Waals surface area contributed by atoms with Crippen LogP contribution in [0.4, 0.5) is 0 Å². The Morgan fingerprint density at radius 3 is 2.17 bits per heavy atom. The Bertz CT molecular complexity index is 148. The highest BCUT2D eigenvalue weighted by molar-refractivity contribution is 5.02. The summed E-state index contributed by atoms with van der Waals surface area (Å²) < 4.78 is 5.23. The van der Waals surface area contributed by atoms with Crippen molar-refractivity contribution in [3.63, 3.8) is 0 Å². The molecule has 0 saturated heterocycles. The lowest BCUT2D eigenvalue weighted by Gasteiger charge is -2.31. The minimum atomic E-state index is -0.863. The molecule has 0 aromatic heterocycles. The van der Waals surface area contributed by atoms with Gasteiger partial charge in [0.2, 0.25) is 0 Å². The number of methoxy groups -OCH3 is 1. The first-order valence-electron chi connectivity index (χ1n) is 4.34. The Morgan fingerprint density at radius 1 is 1.42 bits per heavy atom. The van der Waals surface area contributed by atoms with Crippen molar-refractivity contribution in [1.82, 2.24) is 0 Å². The van der Waals surface area contributed by atoms with Crippen LogP contribution in [0.25, 0.3) is 0 Å². The number of aliphatic hydroxyl groups is 1. The van der Waals surface area contributed by atoms with E-state index in [0.717, 1.165) is 0 Å². The van der Waals surface area contributed by atoms with E-state index >= 15 is 0 Å². The molecule has 0 aromatic rings. The molecular weight excluding hydrogens is 152 g/mol. The summed E-state index contributed by atoms with van der Waals surface area (Å²) in [5.74, 6) is 0.307. The molecule has 12 heavy (non-hydrogen) atoms. The maximum Gasteiger partial charge on any atom is 0.106 e. The van der Waals surface area contributed by atoms with E-state index in [4.69, 9.17) is 4.74 Å². The van der Waals surface area contributed by atoms with Crippen LogP contribution in [0.5, 0.6) is 0 Å². The molecule has 1 N–H and O–H groups in total. The lowest BCUT2D eigenvalue weighted by Crippen LogP contribution is -2.42. The zero-order valence-corrected chi connectivity index (χ0v) is 8.66. The number of allylic oxidation sites excluding steroid dienone is 1. The number of rotatable bonds is 4. The summed E-state index contributed by atoms with van der Waals surface area (Å²) in [5.41, 5.74) is -0.863. The molecular formula is C10H20O2. The summed E-state index contributed by atoms with van der Waals surface area (Å²) in [6.45, 7) is 7.72. The van der Waals surface area contributed by atoms with Gasteiger partial charge in [0, 0.05) is 7.11 Å². The van der Waals surface area contributed by atoms with Gasteiger partial charge in [0.25, 0.3) is 0 Å². The van der Waals surface area contributed by atoms with Gasteiger partial charge in [-0.1, -0.05) is 26.0 Å². The zero-order chi connectivity index (χ0) is 9.78. The second kappa shape index (κ2) is 4.63. The SMILES string of the molecule is C/C=C/C(C)(O)C(OC)C(C)C. The standard InChI is InChI=1S/C10H20O2/c1-6-7-10(4,11)9(12-5)8(2)3/h6-9,11H,1-5H3/b7-6+. The molecule has 2 nitrogen and oxygen atoms in total. The van der Waals surface area contributed by atoms with Crippen LogP contribution in [0.3, 0.4) is 0 Å². The van der Waals surface area contributed by atoms with Crippen molar-refractivity contribution in [2.24, 2.45) is 5.92 Å². The Balaban J connectivity index is 4.47. The van der Waals surface area contributed by atoms with Gasteiger partial charge >= 0.3 is 0 Å². The highest BCUT2D eigenvalue weighted by Crippen LogP contribution is 2.21. The molecule has 0 amide bonds. The topological polar surface area (TPSA) is 29.5 Å². The lowest BCUT2D eigenvalue weighted by atomic mass is 9.90. The Kier molecular flexibility index (Phi) is 4.50. The van der Waals surface area contributed by atoms with Gasteiger partial charge in [-0.25, -0.2) is 0 Å². The summed E-state index contributed by atoms with van der Waals surface area (Å²) in [5, 5.41) is 9.93. The van der Waals surface area contributed by atoms with Crippen molar-refractivity contribution in [3.05, 3.63) is 12.2 Å². The van der Waals surface area contributed by atoms with Gasteiger partial charge in [-0.05, 0) is 19.8 Å². The van der Waals surface area contributed by atoms with Crippen LogP contribution in [0, 0.1) is 5.92 Å². The second-order valence-electron chi connectivity index (χ2n) is 3.63. The Labute approximate surface area is 75.2 Å². The van der Waals surface area contributed by atoms with Crippen LogP contribution in [0.1, 0.15) is 27.7 Å². The molecule has 2 unspecified atom stereocenters. The molecule has 0 rings (SSSR count). The second-order valence-corrected chi connectivity index (χ2v) is 3.63. The van der Waals surface area contributed by atoms with E-state index in [1.165, 1.54) is 0 Å². The maximum atomic E-state index is 9.93. The molecule has 0 bridgehead atoms. The summed E-state index contributed by atoms with van der Waals surface area (Å²) in [6.07, 6.45) is 3.46. The first-order valence-corrected chi connectivity index (χ1v) is 4.34. The molecule has 0 spiro atoms. The van der Waals surface area contributed by atoms with Crippen molar-refractivity contribution >= 4 is 0 Å². The van der Waals surface area contributed by atoms with E-state index in [-0.39, 0.29) is 6.10 Å². The molecule has 2 atom stereocenters. The first kappa shape index (κ1) is 11.7. The first-order chi connectivity index (χ1) is 5.45. The van der Waals surface area contributed by atoms with Crippen LogP contribution in [0.15, 0.2) is 12.2 Å². The minimum Gasteiger partial charge on any atom is -0.383 e. The molecule has 0 aromatic carbocycles. The molecule has 0 heterocycles. The van der Waals surface area contributed by atoms with Crippen LogP contribution in [-0.4, -0.2) is 23.9 Å². The van der Waals surface area contributed by atoms with Crippen LogP contribution in [0.2, 0.25) is 0 Å². The quantitative estimate of drug-likeness (QED) is 0.657. The minimum absolute atomic E-state index is 0.145. The van der Waals surface area contributed by atoms with Gasteiger partial charge in [-0.3, -0.25) is 0 Å². The van der Waals surface area contributed by atoms with Crippen molar-refractivity contribution in [2.75, 3.05) is 7.11 Å². The highest BCUT2D eigenvalue weighted by Gasteiger charge is 2.31. The van der Waals surface area contributed by atoms with E-state index < -0.39 is 5.60 Å². The molecule has 0 aliphatic rings. The monoisotopic (exact) mass is 172 g/mol. The largest absolute Gasteiger partial charge is 0.383 e. The average molecular weight is 172 g/mol. The van der Waals surface area contributed by atoms with Crippen molar-refractivity contribution < 1.29 is 9.84 Å². The van der Waals surface area contributed by atoms with Gasteiger partial charge in [-0.2, -0.15) is 0 Å². The molecule has 0 saturated carbocycles. The van der Waals surface area contributed by atoms with Gasteiger partial charge in [-0.15, -0.1) is 0 Å². The van der Waals surface area contributed by atoms with Gasteiger partial charge in [0.1, 0.15) is 5.60 Å². The highest BCUT2D eigenvalue weighted by atomic mass is 16.5. The summed E-state index contributed by atoms with van der Waals surface area (Å²) in [7, 11) is 1.63.